The van der Waals surface area contributed by atoms with Crippen molar-refractivity contribution in [2.75, 3.05) is 30.4 Å². The molecular weight excluding hydrogens is 248 g/mol. The Bertz CT molecular complexity index is 492. The molecule has 0 unspecified atom stereocenters. The number of aromatic nitrogens is 2. The SMILES string of the molecule is CCCNc1nccn1CCCN(C)c1ccccc1. The molecule has 1 heterocycles. The van der Waals surface area contributed by atoms with Gasteiger partial charge in [0.25, 0.3) is 0 Å². The highest BCUT2D eigenvalue weighted by molar-refractivity contribution is 5.44. The van der Waals surface area contributed by atoms with Crippen LogP contribution in [0.5, 0.6) is 0 Å². The van der Waals surface area contributed by atoms with Crippen LogP contribution in [0.2, 0.25) is 0 Å². The molecule has 0 saturated heterocycles. The van der Waals surface area contributed by atoms with Gasteiger partial charge in [0.05, 0.1) is 0 Å². The highest BCUT2D eigenvalue weighted by atomic mass is 15.2. The molecule has 1 aromatic carbocycles. The van der Waals surface area contributed by atoms with Gasteiger partial charge in [-0.15, -0.1) is 0 Å². The van der Waals surface area contributed by atoms with Gasteiger partial charge in [-0.05, 0) is 25.0 Å². The first-order valence-corrected chi connectivity index (χ1v) is 7.32. The van der Waals surface area contributed by atoms with E-state index in [4.69, 9.17) is 0 Å². The Labute approximate surface area is 121 Å². The summed E-state index contributed by atoms with van der Waals surface area (Å²) >= 11 is 0. The van der Waals surface area contributed by atoms with Gasteiger partial charge in [-0.25, -0.2) is 4.98 Å². The van der Waals surface area contributed by atoms with Gasteiger partial charge in [0.15, 0.2) is 0 Å². The van der Waals surface area contributed by atoms with Crippen LogP contribution in [0.4, 0.5) is 11.6 Å². The van der Waals surface area contributed by atoms with Crippen LogP contribution in [-0.4, -0.2) is 29.7 Å². The van der Waals surface area contributed by atoms with Crippen molar-refractivity contribution < 1.29 is 0 Å². The maximum Gasteiger partial charge on any atom is 0.202 e. The largest absolute Gasteiger partial charge is 0.375 e. The smallest absolute Gasteiger partial charge is 0.202 e. The molecule has 2 aromatic rings. The molecule has 20 heavy (non-hydrogen) atoms. The van der Waals surface area contributed by atoms with Crippen molar-refractivity contribution in [1.82, 2.24) is 9.55 Å². The van der Waals surface area contributed by atoms with E-state index in [9.17, 15) is 0 Å². The first kappa shape index (κ1) is 14.4. The first-order valence-electron chi connectivity index (χ1n) is 7.32. The second-order valence-corrected chi connectivity index (χ2v) is 4.98. The van der Waals surface area contributed by atoms with Crippen molar-refractivity contribution in [2.24, 2.45) is 0 Å². The van der Waals surface area contributed by atoms with Crippen molar-refractivity contribution in [1.29, 1.82) is 0 Å². The lowest BCUT2D eigenvalue weighted by Crippen LogP contribution is -2.20. The predicted octanol–water partition coefficient (Wildman–Crippen LogP) is 3.23. The molecule has 0 spiro atoms. The highest BCUT2D eigenvalue weighted by Crippen LogP contribution is 2.12. The predicted molar refractivity (Wildman–Crippen MR) is 85.3 cm³/mol. The number of nitrogens with one attached hydrogen (secondary N) is 1. The monoisotopic (exact) mass is 272 g/mol. The van der Waals surface area contributed by atoms with Crippen LogP contribution in [0.1, 0.15) is 19.8 Å². The molecule has 0 amide bonds. The average molecular weight is 272 g/mol. The molecule has 0 aliphatic rings. The lowest BCUT2D eigenvalue weighted by Gasteiger charge is -2.19. The van der Waals surface area contributed by atoms with Crippen LogP contribution in [-0.2, 0) is 6.54 Å². The maximum absolute atomic E-state index is 4.35. The van der Waals surface area contributed by atoms with Gasteiger partial charge in [-0.1, -0.05) is 25.1 Å². The highest BCUT2D eigenvalue weighted by Gasteiger charge is 2.03. The van der Waals surface area contributed by atoms with Crippen LogP contribution in [0.15, 0.2) is 42.7 Å². The number of hydrogen-bond donors (Lipinski definition) is 1. The zero-order valence-electron chi connectivity index (χ0n) is 12.4. The second-order valence-electron chi connectivity index (χ2n) is 4.98. The Morgan fingerprint density at radius 2 is 2.05 bits per heavy atom. The van der Waals surface area contributed by atoms with Crippen molar-refractivity contribution in [3.63, 3.8) is 0 Å². The van der Waals surface area contributed by atoms with Gasteiger partial charge in [0.2, 0.25) is 5.95 Å². The third kappa shape index (κ3) is 4.02. The van der Waals surface area contributed by atoms with Gasteiger partial charge in [0, 0.05) is 44.8 Å². The lowest BCUT2D eigenvalue weighted by atomic mass is 10.3. The third-order valence-electron chi connectivity index (χ3n) is 3.34. The van der Waals surface area contributed by atoms with E-state index >= 15 is 0 Å². The number of aryl methyl sites for hydroxylation is 1. The second kappa shape index (κ2) is 7.58. The van der Waals surface area contributed by atoms with Gasteiger partial charge < -0.3 is 14.8 Å². The molecule has 0 atom stereocenters. The minimum absolute atomic E-state index is 0.973. The lowest BCUT2D eigenvalue weighted by molar-refractivity contribution is 0.641. The summed E-state index contributed by atoms with van der Waals surface area (Å²) in [6.07, 6.45) is 6.12. The number of rotatable bonds is 8. The number of anilines is 2. The summed E-state index contributed by atoms with van der Waals surface area (Å²) in [7, 11) is 2.14. The summed E-state index contributed by atoms with van der Waals surface area (Å²) in [4.78, 5) is 6.64. The van der Waals surface area contributed by atoms with Gasteiger partial charge in [0.1, 0.15) is 0 Å². The molecule has 0 fully saturated rings. The molecule has 4 heteroatoms. The fraction of sp³-hybridized carbons (Fsp3) is 0.438. The van der Waals surface area contributed by atoms with E-state index in [1.807, 2.05) is 12.4 Å². The van der Waals surface area contributed by atoms with Crippen LogP contribution in [0.25, 0.3) is 0 Å². The van der Waals surface area contributed by atoms with Gasteiger partial charge >= 0.3 is 0 Å². The molecule has 0 bridgehead atoms. The van der Waals surface area contributed by atoms with E-state index in [2.05, 4.69) is 64.1 Å². The number of nitrogens with zero attached hydrogens (tertiary/aromatic N) is 3. The average Bonchev–Trinajstić information content (AvgIpc) is 2.93. The van der Waals surface area contributed by atoms with Crippen molar-refractivity contribution in [3.8, 4) is 0 Å². The minimum atomic E-state index is 0.973. The van der Waals surface area contributed by atoms with E-state index in [0.717, 1.165) is 38.4 Å². The molecule has 0 saturated carbocycles. The number of para-hydroxylation sites is 1. The summed E-state index contributed by atoms with van der Waals surface area (Å²) in [6.45, 7) is 5.16. The molecule has 108 valence electrons. The Morgan fingerprint density at radius 3 is 2.80 bits per heavy atom. The summed E-state index contributed by atoms with van der Waals surface area (Å²) in [5.74, 6) is 0.981. The molecule has 0 radical (unpaired) electrons. The Hall–Kier alpha value is -1.97. The van der Waals surface area contributed by atoms with E-state index in [0.29, 0.717) is 0 Å². The number of benzene rings is 1. The molecule has 4 nitrogen and oxygen atoms in total. The zero-order valence-corrected chi connectivity index (χ0v) is 12.4. The fourth-order valence-electron chi connectivity index (χ4n) is 2.18. The molecule has 0 aliphatic carbocycles. The first-order chi connectivity index (χ1) is 9.81. The normalized spacial score (nSPS) is 10.5. The number of imidazole rings is 1. The standard InChI is InChI=1S/C16H24N4/c1-3-10-17-16-18-11-14-20(16)13-7-12-19(2)15-8-5-4-6-9-15/h4-6,8-9,11,14H,3,7,10,12-13H2,1-2H3,(H,17,18). The fourth-order valence-corrected chi connectivity index (χ4v) is 2.18. The van der Waals surface area contributed by atoms with Gasteiger partial charge in [-0.3, -0.25) is 0 Å². The van der Waals surface area contributed by atoms with Crippen molar-refractivity contribution in [3.05, 3.63) is 42.7 Å². The van der Waals surface area contributed by atoms with Crippen molar-refractivity contribution in [2.45, 2.75) is 26.3 Å². The van der Waals surface area contributed by atoms with E-state index in [1.54, 1.807) is 0 Å². The molecule has 1 aromatic heterocycles. The Balaban J connectivity index is 1.80. The Morgan fingerprint density at radius 1 is 1.25 bits per heavy atom. The molecule has 1 N–H and O–H groups in total. The third-order valence-corrected chi connectivity index (χ3v) is 3.34. The van der Waals surface area contributed by atoms with E-state index in [1.165, 1.54) is 5.69 Å². The summed E-state index contributed by atoms with van der Waals surface area (Å²) in [5.41, 5.74) is 1.27. The molecular formula is C16H24N4. The van der Waals surface area contributed by atoms with Crippen molar-refractivity contribution >= 4 is 11.6 Å². The minimum Gasteiger partial charge on any atom is -0.375 e. The molecule has 2 rings (SSSR count). The van der Waals surface area contributed by atoms with Crippen LogP contribution in [0, 0.1) is 0 Å². The number of hydrogen-bond acceptors (Lipinski definition) is 3. The summed E-state index contributed by atoms with van der Waals surface area (Å²) in [5, 5.41) is 3.35. The van der Waals surface area contributed by atoms with E-state index < -0.39 is 0 Å². The summed E-state index contributed by atoms with van der Waals surface area (Å²) in [6, 6.07) is 10.5. The zero-order chi connectivity index (χ0) is 14.2. The summed E-state index contributed by atoms with van der Waals surface area (Å²) < 4.78 is 2.19. The topological polar surface area (TPSA) is 33.1 Å². The van der Waals surface area contributed by atoms with E-state index in [-0.39, 0.29) is 0 Å². The van der Waals surface area contributed by atoms with Crippen LogP contribution >= 0.6 is 0 Å². The van der Waals surface area contributed by atoms with Crippen LogP contribution < -0.4 is 10.2 Å². The maximum atomic E-state index is 4.35. The quantitative estimate of drug-likeness (QED) is 0.801. The van der Waals surface area contributed by atoms with Gasteiger partial charge in [-0.2, -0.15) is 0 Å². The Kier molecular flexibility index (Phi) is 5.47. The molecule has 0 aliphatic heterocycles. The van der Waals surface area contributed by atoms with Crippen LogP contribution in [0.3, 0.4) is 0 Å².